The van der Waals surface area contributed by atoms with Crippen molar-refractivity contribution in [3.8, 4) is 11.1 Å². The molecule has 0 aliphatic heterocycles. The van der Waals surface area contributed by atoms with Crippen molar-refractivity contribution in [3.05, 3.63) is 54.4 Å². The molecule has 1 aromatic heterocycles. The molecule has 104 valence electrons. The number of nitrogens with two attached hydrogens (primary N) is 1. The van der Waals surface area contributed by atoms with Crippen molar-refractivity contribution in [2.24, 2.45) is 5.73 Å². The van der Waals surface area contributed by atoms with Crippen molar-refractivity contribution < 1.29 is 9.53 Å². The van der Waals surface area contributed by atoms with Crippen molar-refractivity contribution >= 4 is 5.97 Å². The lowest BCUT2D eigenvalue weighted by molar-refractivity contribution is -0.144. The zero-order valence-corrected chi connectivity index (χ0v) is 11.5. The van der Waals surface area contributed by atoms with E-state index in [4.69, 9.17) is 10.5 Å². The number of hydrogen-bond acceptors (Lipinski definition) is 4. The predicted molar refractivity (Wildman–Crippen MR) is 78.0 cm³/mol. The quantitative estimate of drug-likeness (QED) is 0.846. The van der Waals surface area contributed by atoms with Crippen molar-refractivity contribution in [2.45, 2.75) is 19.4 Å². The summed E-state index contributed by atoms with van der Waals surface area (Å²) in [5.41, 5.74) is 8.97. The van der Waals surface area contributed by atoms with Gasteiger partial charge in [0, 0.05) is 12.4 Å². The Morgan fingerprint density at radius 3 is 2.60 bits per heavy atom. The van der Waals surface area contributed by atoms with Crippen LogP contribution in [0.5, 0.6) is 0 Å². The molecule has 0 fully saturated rings. The fourth-order valence-electron chi connectivity index (χ4n) is 1.95. The summed E-state index contributed by atoms with van der Waals surface area (Å²) in [5, 5.41) is 0. The van der Waals surface area contributed by atoms with Crippen LogP contribution in [0.2, 0.25) is 0 Å². The molecule has 0 saturated carbocycles. The lowest BCUT2D eigenvalue weighted by atomic mass is 10.0. The van der Waals surface area contributed by atoms with Gasteiger partial charge in [0.15, 0.2) is 0 Å². The Morgan fingerprint density at radius 2 is 2.00 bits per heavy atom. The largest absolute Gasteiger partial charge is 0.465 e. The van der Waals surface area contributed by atoms with E-state index in [0.717, 1.165) is 16.7 Å². The third kappa shape index (κ3) is 3.65. The molecule has 0 saturated heterocycles. The van der Waals surface area contributed by atoms with Crippen LogP contribution in [0.15, 0.2) is 48.8 Å². The lowest BCUT2D eigenvalue weighted by Gasteiger charge is -2.11. The molecule has 20 heavy (non-hydrogen) atoms. The minimum absolute atomic E-state index is 0.354. The Kier molecular flexibility index (Phi) is 4.85. The standard InChI is InChI=1S/C16H18N2O2/c1-2-20-16(19)15(17)10-12-5-7-13(8-6-12)14-4-3-9-18-11-14/h3-9,11,15H,2,10,17H2,1H3. The van der Waals surface area contributed by atoms with Crippen LogP contribution in [0, 0.1) is 0 Å². The van der Waals surface area contributed by atoms with Crippen LogP contribution in [0.25, 0.3) is 11.1 Å². The zero-order chi connectivity index (χ0) is 14.4. The van der Waals surface area contributed by atoms with Crippen LogP contribution in [-0.4, -0.2) is 23.6 Å². The fraction of sp³-hybridized carbons (Fsp3) is 0.250. The van der Waals surface area contributed by atoms with Crippen LogP contribution >= 0.6 is 0 Å². The number of nitrogens with zero attached hydrogens (tertiary/aromatic N) is 1. The van der Waals surface area contributed by atoms with Gasteiger partial charge in [-0.15, -0.1) is 0 Å². The Balaban J connectivity index is 2.04. The molecule has 4 heteroatoms. The van der Waals surface area contributed by atoms with Gasteiger partial charge in [-0.25, -0.2) is 0 Å². The van der Waals surface area contributed by atoms with Gasteiger partial charge in [-0.05, 0) is 36.1 Å². The monoisotopic (exact) mass is 270 g/mol. The second-order valence-electron chi connectivity index (χ2n) is 4.50. The van der Waals surface area contributed by atoms with Crippen LogP contribution < -0.4 is 5.73 Å². The van der Waals surface area contributed by atoms with Gasteiger partial charge in [0.1, 0.15) is 6.04 Å². The SMILES string of the molecule is CCOC(=O)C(N)Cc1ccc(-c2cccnc2)cc1. The topological polar surface area (TPSA) is 65.2 Å². The summed E-state index contributed by atoms with van der Waals surface area (Å²) in [5.74, 6) is -0.358. The molecule has 1 heterocycles. The molecule has 0 aliphatic rings. The smallest absolute Gasteiger partial charge is 0.323 e. The van der Waals surface area contributed by atoms with Gasteiger partial charge in [-0.1, -0.05) is 30.3 Å². The van der Waals surface area contributed by atoms with Crippen molar-refractivity contribution in [3.63, 3.8) is 0 Å². The fourth-order valence-corrected chi connectivity index (χ4v) is 1.95. The number of rotatable bonds is 5. The highest BCUT2D eigenvalue weighted by Gasteiger charge is 2.14. The van der Waals surface area contributed by atoms with Crippen molar-refractivity contribution in [2.75, 3.05) is 6.61 Å². The van der Waals surface area contributed by atoms with E-state index in [1.165, 1.54) is 0 Å². The number of hydrogen-bond donors (Lipinski definition) is 1. The Morgan fingerprint density at radius 1 is 1.25 bits per heavy atom. The van der Waals surface area contributed by atoms with E-state index >= 15 is 0 Å². The number of pyridine rings is 1. The van der Waals surface area contributed by atoms with Gasteiger partial charge in [-0.3, -0.25) is 9.78 Å². The first-order chi connectivity index (χ1) is 9.70. The van der Waals surface area contributed by atoms with Gasteiger partial charge in [-0.2, -0.15) is 0 Å². The minimum Gasteiger partial charge on any atom is -0.465 e. The molecule has 0 amide bonds. The molecule has 1 atom stereocenters. The average molecular weight is 270 g/mol. The van der Waals surface area contributed by atoms with Gasteiger partial charge in [0.05, 0.1) is 6.61 Å². The molecule has 2 aromatic rings. The predicted octanol–water partition coefficient (Wildman–Crippen LogP) is 2.18. The number of benzene rings is 1. The summed E-state index contributed by atoms with van der Waals surface area (Å²) in [6.07, 6.45) is 4.04. The first-order valence-corrected chi connectivity index (χ1v) is 6.62. The van der Waals surface area contributed by atoms with E-state index in [9.17, 15) is 4.79 Å². The Bertz CT molecular complexity index is 552. The highest BCUT2D eigenvalue weighted by Crippen LogP contribution is 2.18. The number of carbonyl (C=O) groups excluding carboxylic acids is 1. The summed E-state index contributed by atoms with van der Waals surface area (Å²) in [6, 6.07) is 11.3. The Hall–Kier alpha value is -2.20. The molecule has 0 bridgehead atoms. The molecule has 0 spiro atoms. The number of aromatic nitrogens is 1. The van der Waals surface area contributed by atoms with E-state index in [1.807, 2.05) is 42.6 Å². The summed E-state index contributed by atoms with van der Waals surface area (Å²) >= 11 is 0. The maximum Gasteiger partial charge on any atom is 0.323 e. The van der Waals surface area contributed by atoms with Crippen LogP contribution in [0.1, 0.15) is 12.5 Å². The third-order valence-electron chi connectivity index (χ3n) is 2.99. The van der Waals surface area contributed by atoms with Gasteiger partial charge >= 0.3 is 5.97 Å². The Labute approximate surface area is 118 Å². The number of esters is 1. The summed E-state index contributed by atoms with van der Waals surface area (Å²) in [7, 11) is 0. The van der Waals surface area contributed by atoms with E-state index in [1.54, 1.807) is 13.1 Å². The minimum atomic E-state index is -0.612. The van der Waals surface area contributed by atoms with E-state index in [-0.39, 0.29) is 5.97 Å². The molecule has 0 radical (unpaired) electrons. The van der Waals surface area contributed by atoms with Crippen LogP contribution in [0.4, 0.5) is 0 Å². The molecule has 0 aliphatic carbocycles. The first-order valence-electron chi connectivity index (χ1n) is 6.62. The summed E-state index contributed by atoms with van der Waals surface area (Å²) in [6.45, 7) is 2.12. The highest BCUT2D eigenvalue weighted by atomic mass is 16.5. The van der Waals surface area contributed by atoms with E-state index < -0.39 is 6.04 Å². The third-order valence-corrected chi connectivity index (χ3v) is 2.99. The van der Waals surface area contributed by atoms with E-state index in [2.05, 4.69) is 4.98 Å². The molecule has 4 nitrogen and oxygen atoms in total. The second-order valence-corrected chi connectivity index (χ2v) is 4.50. The maximum absolute atomic E-state index is 11.5. The molecular formula is C16H18N2O2. The second kappa shape index (κ2) is 6.82. The van der Waals surface area contributed by atoms with Gasteiger partial charge < -0.3 is 10.5 Å². The van der Waals surface area contributed by atoms with Crippen molar-refractivity contribution in [1.29, 1.82) is 0 Å². The molecule has 2 N–H and O–H groups in total. The lowest BCUT2D eigenvalue weighted by Crippen LogP contribution is -2.34. The number of ether oxygens (including phenoxy) is 1. The van der Waals surface area contributed by atoms with Gasteiger partial charge in [0.2, 0.25) is 0 Å². The zero-order valence-electron chi connectivity index (χ0n) is 11.5. The van der Waals surface area contributed by atoms with Gasteiger partial charge in [0.25, 0.3) is 0 Å². The molecule has 2 rings (SSSR count). The normalized spacial score (nSPS) is 11.9. The molecule has 1 aromatic carbocycles. The molecular weight excluding hydrogens is 252 g/mol. The average Bonchev–Trinajstić information content (AvgIpc) is 2.49. The summed E-state index contributed by atoms with van der Waals surface area (Å²) < 4.78 is 4.90. The molecule has 1 unspecified atom stereocenters. The maximum atomic E-state index is 11.5. The van der Waals surface area contributed by atoms with Crippen LogP contribution in [0.3, 0.4) is 0 Å². The van der Waals surface area contributed by atoms with E-state index in [0.29, 0.717) is 13.0 Å². The van der Waals surface area contributed by atoms with Crippen LogP contribution in [-0.2, 0) is 16.0 Å². The number of carbonyl (C=O) groups is 1. The van der Waals surface area contributed by atoms with Crippen molar-refractivity contribution in [1.82, 2.24) is 4.98 Å². The first kappa shape index (κ1) is 14.2. The highest BCUT2D eigenvalue weighted by molar-refractivity contribution is 5.76. The summed E-state index contributed by atoms with van der Waals surface area (Å²) in [4.78, 5) is 15.6.